The third kappa shape index (κ3) is 3.92. The van der Waals surface area contributed by atoms with Gasteiger partial charge in [0.05, 0.1) is 19.9 Å². The van der Waals surface area contributed by atoms with E-state index in [1.807, 2.05) is 55.5 Å². The maximum atomic E-state index is 13.0. The molecule has 0 spiro atoms. The summed E-state index contributed by atoms with van der Waals surface area (Å²) in [5.41, 5.74) is 5.70. The van der Waals surface area contributed by atoms with Crippen LogP contribution in [0.25, 0.3) is 11.2 Å². The van der Waals surface area contributed by atoms with E-state index in [-0.39, 0.29) is 0 Å². The Kier molecular flexibility index (Phi) is 5.63. The number of ether oxygens (including phenoxy) is 1. The van der Waals surface area contributed by atoms with E-state index in [1.54, 1.807) is 24.9 Å². The van der Waals surface area contributed by atoms with Crippen LogP contribution in [0.5, 0.6) is 5.75 Å². The van der Waals surface area contributed by atoms with Gasteiger partial charge in [-0.15, -0.1) is 0 Å². The highest BCUT2D eigenvalue weighted by atomic mass is 16.5. The van der Waals surface area contributed by atoms with E-state index in [4.69, 9.17) is 4.74 Å². The minimum absolute atomic E-state index is 0.299. The summed E-state index contributed by atoms with van der Waals surface area (Å²) in [5, 5.41) is 4.29. The third-order valence-corrected chi connectivity index (χ3v) is 5.27. The number of nitrogens with one attached hydrogen (secondary N) is 1. The Bertz CT molecular complexity index is 1430. The number of hydrogen-bond acceptors (Lipinski definition) is 6. The van der Waals surface area contributed by atoms with Crippen molar-refractivity contribution in [2.75, 3.05) is 12.5 Å². The minimum Gasteiger partial charge on any atom is -0.497 e. The molecule has 4 rings (SSSR count). The number of anilines is 1. The molecule has 4 aromatic rings. The van der Waals surface area contributed by atoms with E-state index in [2.05, 4.69) is 15.5 Å². The van der Waals surface area contributed by atoms with Crippen molar-refractivity contribution >= 4 is 23.3 Å². The van der Waals surface area contributed by atoms with Crippen molar-refractivity contribution in [1.29, 1.82) is 0 Å². The SMILES string of the molecule is COc1ccc(C=NNc2nc3c(c(=O)n(C)c(=O)n3C)n2Cc2cccc(C)c2)cc1. The summed E-state index contributed by atoms with van der Waals surface area (Å²) in [6, 6.07) is 15.4. The third-order valence-electron chi connectivity index (χ3n) is 5.27. The fraction of sp³-hybridized carbons (Fsp3) is 0.217. The first-order valence-electron chi connectivity index (χ1n) is 10.0. The monoisotopic (exact) mass is 432 g/mol. The van der Waals surface area contributed by atoms with Crippen LogP contribution >= 0.6 is 0 Å². The fourth-order valence-corrected chi connectivity index (χ4v) is 3.53. The van der Waals surface area contributed by atoms with Gasteiger partial charge in [-0.2, -0.15) is 10.1 Å². The van der Waals surface area contributed by atoms with Gasteiger partial charge in [-0.25, -0.2) is 10.2 Å². The van der Waals surface area contributed by atoms with E-state index in [9.17, 15) is 9.59 Å². The van der Waals surface area contributed by atoms with Gasteiger partial charge in [0.1, 0.15) is 5.75 Å². The van der Waals surface area contributed by atoms with Gasteiger partial charge in [-0.05, 0) is 42.3 Å². The van der Waals surface area contributed by atoms with Crippen molar-refractivity contribution in [3.05, 3.63) is 86.1 Å². The number of aromatic nitrogens is 4. The molecule has 0 saturated carbocycles. The lowest BCUT2D eigenvalue weighted by atomic mass is 10.1. The second kappa shape index (κ2) is 8.54. The smallest absolute Gasteiger partial charge is 0.332 e. The standard InChI is InChI=1S/C23H24N6O3/c1-15-6-5-7-17(12-15)14-29-19-20(27(2)23(31)28(3)21(19)30)25-22(29)26-24-13-16-8-10-18(32-4)11-9-16/h5-13H,14H2,1-4H3,(H,25,26). The minimum atomic E-state index is -0.434. The second-order valence-corrected chi connectivity index (χ2v) is 7.53. The van der Waals surface area contributed by atoms with Crippen LogP contribution in [0.3, 0.4) is 0 Å². The van der Waals surface area contributed by atoms with Gasteiger partial charge < -0.3 is 4.74 Å². The maximum absolute atomic E-state index is 13.0. The average Bonchev–Trinajstić information content (AvgIpc) is 3.15. The molecule has 164 valence electrons. The molecule has 0 aliphatic heterocycles. The average molecular weight is 432 g/mol. The summed E-state index contributed by atoms with van der Waals surface area (Å²) in [6.45, 7) is 2.41. The Hall–Kier alpha value is -4.14. The number of hydrazone groups is 1. The van der Waals surface area contributed by atoms with E-state index < -0.39 is 11.2 Å². The summed E-state index contributed by atoms with van der Waals surface area (Å²) in [5.74, 6) is 1.12. The molecule has 2 heterocycles. The highest BCUT2D eigenvalue weighted by Gasteiger charge is 2.19. The molecule has 0 radical (unpaired) electrons. The first-order chi connectivity index (χ1) is 15.4. The predicted octanol–water partition coefficient (Wildman–Crippen LogP) is 2.25. The fourth-order valence-electron chi connectivity index (χ4n) is 3.53. The van der Waals surface area contributed by atoms with E-state index in [1.165, 1.54) is 11.6 Å². The normalized spacial score (nSPS) is 11.4. The molecule has 0 unspecified atom stereocenters. The quantitative estimate of drug-likeness (QED) is 0.372. The maximum Gasteiger partial charge on any atom is 0.332 e. The number of methoxy groups -OCH3 is 1. The molecular weight excluding hydrogens is 408 g/mol. The van der Waals surface area contributed by atoms with Gasteiger partial charge >= 0.3 is 5.69 Å². The van der Waals surface area contributed by atoms with Gasteiger partial charge in [0.25, 0.3) is 5.56 Å². The van der Waals surface area contributed by atoms with Crippen LogP contribution in [0.15, 0.2) is 63.2 Å². The molecule has 32 heavy (non-hydrogen) atoms. The van der Waals surface area contributed by atoms with Gasteiger partial charge in [0.2, 0.25) is 5.95 Å². The van der Waals surface area contributed by atoms with E-state index >= 15 is 0 Å². The van der Waals surface area contributed by atoms with Crippen LogP contribution in [0.2, 0.25) is 0 Å². The topological polar surface area (TPSA) is 95.4 Å². The number of imidazole rings is 1. The molecule has 9 heteroatoms. The Morgan fingerprint density at radius 3 is 2.53 bits per heavy atom. The molecule has 0 saturated heterocycles. The first-order valence-corrected chi connectivity index (χ1v) is 10.0. The summed E-state index contributed by atoms with van der Waals surface area (Å²) in [7, 11) is 4.67. The van der Waals surface area contributed by atoms with Gasteiger partial charge in [-0.3, -0.25) is 18.5 Å². The first kappa shape index (κ1) is 21.1. The van der Waals surface area contributed by atoms with E-state index in [0.29, 0.717) is 23.7 Å². The highest BCUT2D eigenvalue weighted by molar-refractivity contribution is 5.80. The Balaban J connectivity index is 1.78. The Labute approximate surface area is 184 Å². The number of nitrogens with zero attached hydrogens (tertiary/aromatic N) is 5. The van der Waals surface area contributed by atoms with Crippen LogP contribution in [0, 0.1) is 6.92 Å². The number of rotatable bonds is 6. The molecule has 0 amide bonds. The largest absolute Gasteiger partial charge is 0.497 e. The molecule has 2 aromatic carbocycles. The number of aryl methyl sites for hydroxylation is 2. The summed E-state index contributed by atoms with van der Waals surface area (Å²) >= 11 is 0. The molecule has 0 fully saturated rings. The van der Waals surface area contributed by atoms with Crippen molar-refractivity contribution < 1.29 is 4.74 Å². The van der Waals surface area contributed by atoms with Crippen LogP contribution in [-0.2, 0) is 20.6 Å². The lowest BCUT2D eigenvalue weighted by Crippen LogP contribution is -2.37. The van der Waals surface area contributed by atoms with Gasteiger partial charge in [0.15, 0.2) is 11.2 Å². The van der Waals surface area contributed by atoms with Crippen LogP contribution in [-0.4, -0.2) is 32.0 Å². The molecule has 0 aliphatic rings. The number of hydrogen-bond donors (Lipinski definition) is 1. The number of fused-ring (bicyclic) bond motifs is 1. The molecule has 2 aromatic heterocycles. The lowest BCUT2D eigenvalue weighted by Gasteiger charge is -2.10. The summed E-state index contributed by atoms with van der Waals surface area (Å²) in [4.78, 5) is 29.9. The molecule has 0 atom stereocenters. The van der Waals surface area contributed by atoms with Crippen LogP contribution < -0.4 is 21.4 Å². The predicted molar refractivity (Wildman–Crippen MR) is 125 cm³/mol. The zero-order valence-corrected chi connectivity index (χ0v) is 18.4. The van der Waals surface area contributed by atoms with Crippen molar-refractivity contribution in [3.8, 4) is 5.75 Å². The van der Waals surface area contributed by atoms with Crippen molar-refractivity contribution in [3.63, 3.8) is 0 Å². The van der Waals surface area contributed by atoms with Crippen LogP contribution in [0.4, 0.5) is 5.95 Å². The molecule has 0 bridgehead atoms. The molecule has 1 N–H and O–H groups in total. The van der Waals surface area contributed by atoms with E-state index in [0.717, 1.165) is 27.0 Å². The molecular formula is C23H24N6O3. The highest BCUT2D eigenvalue weighted by Crippen LogP contribution is 2.18. The molecule has 0 aliphatic carbocycles. The van der Waals surface area contributed by atoms with Gasteiger partial charge in [0, 0.05) is 14.1 Å². The zero-order chi connectivity index (χ0) is 22.8. The number of benzene rings is 2. The zero-order valence-electron chi connectivity index (χ0n) is 18.4. The van der Waals surface area contributed by atoms with Crippen molar-refractivity contribution in [2.45, 2.75) is 13.5 Å². The molecule has 9 nitrogen and oxygen atoms in total. The van der Waals surface area contributed by atoms with Crippen LogP contribution in [0.1, 0.15) is 16.7 Å². The Morgan fingerprint density at radius 2 is 1.84 bits per heavy atom. The second-order valence-electron chi connectivity index (χ2n) is 7.53. The lowest BCUT2D eigenvalue weighted by molar-refractivity contribution is 0.415. The van der Waals surface area contributed by atoms with Crippen molar-refractivity contribution in [2.24, 2.45) is 19.2 Å². The Morgan fingerprint density at radius 1 is 1.09 bits per heavy atom. The summed E-state index contributed by atoms with van der Waals surface area (Å²) in [6.07, 6.45) is 1.65. The van der Waals surface area contributed by atoms with Gasteiger partial charge in [-0.1, -0.05) is 29.8 Å². The van der Waals surface area contributed by atoms with Crippen molar-refractivity contribution in [1.82, 2.24) is 18.7 Å². The summed E-state index contributed by atoms with van der Waals surface area (Å²) < 4.78 is 9.36.